The summed E-state index contributed by atoms with van der Waals surface area (Å²) in [6.45, 7) is 6.86. The van der Waals surface area contributed by atoms with Crippen molar-refractivity contribution >= 4 is 18.1 Å². The lowest BCUT2D eigenvalue weighted by Gasteiger charge is -2.59. The molecule has 1 fully saturated rings. The highest BCUT2D eigenvalue weighted by molar-refractivity contribution is 6.03. The van der Waals surface area contributed by atoms with Crippen LogP contribution in [0.25, 0.3) is 0 Å². The molecule has 358 valence electrons. The van der Waals surface area contributed by atoms with Gasteiger partial charge in [0.2, 0.25) is 5.79 Å². The van der Waals surface area contributed by atoms with Gasteiger partial charge in [-0.15, -0.1) is 6.58 Å². The fourth-order valence-corrected chi connectivity index (χ4v) is 9.60. The quantitative estimate of drug-likeness (QED) is 0.0280. The Balaban J connectivity index is 1.49. The van der Waals surface area contributed by atoms with E-state index in [-0.39, 0.29) is 83.6 Å². The van der Waals surface area contributed by atoms with Crippen LogP contribution in [0.15, 0.2) is 96.2 Å². The van der Waals surface area contributed by atoms with Crippen LogP contribution in [0.4, 0.5) is 4.79 Å². The normalized spacial score (nSPS) is 22.3. The molecule has 1 heterocycles. The maximum atomic E-state index is 14.6. The summed E-state index contributed by atoms with van der Waals surface area (Å²) in [5, 5.41) is 34.2. The molecule has 1 amide bonds. The number of carbonyl (C=O) groups is 2. The zero-order chi connectivity index (χ0) is 46.7. The Kier molecular flexibility index (Phi) is 19.4. The number of carbonyl (C=O) groups excluding carboxylic acids is 2. The maximum absolute atomic E-state index is 14.6. The summed E-state index contributed by atoms with van der Waals surface area (Å²) in [7, 11) is 1.50. The number of ether oxygens (including phenoxy) is 7. The van der Waals surface area contributed by atoms with Crippen LogP contribution >= 0.6 is 0 Å². The Bertz CT molecular complexity index is 2080. The second kappa shape index (κ2) is 25.6. The maximum Gasteiger partial charge on any atom is 0.410 e. The van der Waals surface area contributed by atoms with Crippen molar-refractivity contribution in [3.63, 3.8) is 0 Å². The highest BCUT2D eigenvalue weighted by atomic mass is 16.7. The molecule has 1 aliphatic heterocycles. The van der Waals surface area contributed by atoms with Crippen molar-refractivity contribution in [1.82, 2.24) is 4.90 Å². The number of aldehydes is 1. The summed E-state index contributed by atoms with van der Waals surface area (Å²) in [6.07, 6.45) is 8.47. The average molecular weight is 915 g/mol. The van der Waals surface area contributed by atoms with Gasteiger partial charge in [0.15, 0.2) is 6.29 Å². The topological polar surface area (TPSA) is 184 Å². The van der Waals surface area contributed by atoms with Gasteiger partial charge in [-0.05, 0) is 92.0 Å². The lowest BCUT2D eigenvalue weighted by Crippen LogP contribution is -2.70. The van der Waals surface area contributed by atoms with Crippen molar-refractivity contribution in [2.45, 2.75) is 76.2 Å². The van der Waals surface area contributed by atoms with Crippen LogP contribution in [-0.2, 0) is 30.4 Å². The molecule has 1 saturated carbocycles. The van der Waals surface area contributed by atoms with E-state index in [4.69, 9.17) is 43.2 Å². The second-order valence-electron chi connectivity index (χ2n) is 16.5. The molecule has 15 heteroatoms. The molecule has 6 atom stereocenters. The number of hydrogen-bond acceptors (Lipinski definition) is 14. The first-order valence-corrected chi connectivity index (χ1v) is 23.1. The molecule has 0 aromatic heterocycles. The molecule has 0 bridgehead atoms. The number of methoxy groups -OCH3 is 1. The zero-order valence-corrected chi connectivity index (χ0v) is 38.2. The summed E-state index contributed by atoms with van der Waals surface area (Å²) in [5.74, 6) is -0.521. The van der Waals surface area contributed by atoms with Crippen LogP contribution in [0.3, 0.4) is 0 Å². The zero-order valence-electron chi connectivity index (χ0n) is 38.2. The number of benzene rings is 3. The summed E-state index contributed by atoms with van der Waals surface area (Å²) in [4.78, 5) is 34.0. The molecule has 66 heavy (non-hydrogen) atoms. The van der Waals surface area contributed by atoms with Gasteiger partial charge >= 0.3 is 6.09 Å². The number of nitrogens with zero attached hydrogens (tertiary/aromatic N) is 2. The number of amides is 1. The van der Waals surface area contributed by atoms with Crippen LogP contribution in [0.5, 0.6) is 23.0 Å². The third-order valence-corrected chi connectivity index (χ3v) is 12.4. The Morgan fingerprint density at radius 1 is 0.924 bits per heavy atom. The Hall–Kier alpha value is -5.29. The Morgan fingerprint density at radius 3 is 2.42 bits per heavy atom. The van der Waals surface area contributed by atoms with Crippen LogP contribution in [0.1, 0.15) is 79.3 Å². The van der Waals surface area contributed by atoms with E-state index < -0.39 is 23.8 Å². The van der Waals surface area contributed by atoms with Crippen molar-refractivity contribution in [1.29, 1.82) is 0 Å². The molecule has 0 radical (unpaired) electrons. The van der Waals surface area contributed by atoms with E-state index in [1.165, 1.54) is 7.11 Å². The number of rotatable bonds is 28. The van der Waals surface area contributed by atoms with E-state index in [0.717, 1.165) is 48.7 Å². The van der Waals surface area contributed by atoms with E-state index in [2.05, 4.69) is 12.7 Å². The van der Waals surface area contributed by atoms with Crippen molar-refractivity contribution in [3.8, 4) is 23.0 Å². The fraction of sp³-hybridized carbons (Fsp3) is 0.510. The molecule has 3 aromatic carbocycles. The lowest BCUT2D eigenvalue weighted by molar-refractivity contribution is -0.256. The van der Waals surface area contributed by atoms with Crippen molar-refractivity contribution in [3.05, 3.63) is 108 Å². The van der Waals surface area contributed by atoms with Gasteiger partial charge in [-0.25, -0.2) is 4.79 Å². The van der Waals surface area contributed by atoms with E-state index in [0.29, 0.717) is 60.3 Å². The predicted molar refractivity (Wildman–Crippen MR) is 247 cm³/mol. The largest absolute Gasteiger partial charge is 0.496 e. The number of unbranched alkanes of at least 4 members (excludes halogenated alkanes) is 2. The minimum atomic E-state index is -1.54. The van der Waals surface area contributed by atoms with Gasteiger partial charge in [-0.1, -0.05) is 60.5 Å². The van der Waals surface area contributed by atoms with Crippen LogP contribution in [0.2, 0.25) is 0 Å². The molecule has 3 N–H and O–H groups in total. The molecule has 6 rings (SSSR count). The molecule has 15 nitrogen and oxygen atoms in total. The molecule has 2 aliphatic carbocycles. The monoisotopic (exact) mass is 914 g/mol. The van der Waals surface area contributed by atoms with Gasteiger partial charge in [0.25, 0.3) is 0 Å². The first-order chi connectivity index (χ1) is 32.4. The number of hydrogen-bond donors (Lipinski definition) is 3. The van der Waals surface area contributed by atoms with Gasteiger partial charge in [0.05, 0.1) is 63.9 Å². The van der Waals surface area contributed by atoms with Gasteiger partial charge in [0, 0.05) is 37.7 Å². The van der Waals surface area contributed by atoms with Gasteiger partial charge in [-0.2, -0.15) is 0 Å². The highest BCUT2D eigenvalue weighted by Crippen LogP contribution is 2.62. The number of oxime groups is 1. The minimum Gasteiger partial charge on any atom is -0.496 e. The second-order valence-corrected chi connectivity index (χ2v) is 16.5. The van der Waals surface area contributed by atoms with E-state index in [9.17, 15) is 24.9 Å². The van der Waals surface area contributed by atoms with Crippen LogP contribution in [-0.4, -0.2) is 123 Å². The lowest BCUT2D eigenvalue weighted by atomic mass is 9.55. The predicted octanol–water partition coefficient (Wildman–Crippen LogP) is 7.62. The number of allylic oxidation sites excluding steroid dienone is 1. The fourth-order valence-electron chi connectivity index (χ4n) is 9.60. The van der Waals surface area contributed by atoms with Crippen molar-refractivity contribution < 1.29 is 62.9 Å². The number of aliphatic hydroxyl groups is 3. The smallest absolute Gasteiger partial charge is 0.410 e. The number of fused-ring (bicyclic) bond motifs is 2. The molecular formula is C51H66N2O13. The summed E-state index contributed by atoms with van der Waals surface area (Å²) in [6, 6.07) is 19.6. The van der Waals surface area contributed by atoms with Gasteiger partial charge < -0.3 is 53.3 Å². The van der Waals surface area contributed by atoms with Crippen LogP contribution < -0.4 is 14.2 Å². The first-order valence-electron chi connectivity index (χ1n) is 23.1. The molecule has 0 saturated heterocycles. The van der Waals surface area contributed by atoms with Gasteiger partial charge in [-0.3, -0.25) is 9.69 Å². The molecular weight excluding hydrogens is 849 g/mol. The minimum absolute atomic E-state index is 0.0167. The van der Waals surface area contributed by atoms with Crippen molar-refractivity contribution in [2.24, 2.45) is 22.9 Å². The molecule has 0 spiro atoms. The summed E-state index contributed by atoms with van der Waals surface area (Å²) in [5.41, 5.74) is 3.71. The summed E-state index contributed by atoms with van der Waals surface area (Å²) < 4.78 is 43.8. The van der Waals surface area contributed by atoms with E-state index >= 15 is 0 Å². The number of aliphatic hydroxyl groups excluding tert-OH is 3. The Labute approximate surface area is 387 Å². The molecule has 0 unspecified atom stereocenters. The van der Waals surface area contributed by atoms with E-state index in [1.807, 2.05) is 49.4 Å². The van der Waals surface area contributed by atoms with E-state index in [1.54, 1.807) is 35.2 Å². The van der Waals surface area contributed by atoms with Gasteiger partial charge in [0.1, 0.15) is 42.3 Å². The Morgan fingerprint density at radius 2 is 1.70 bits per heavy atom. The van der Waals surface area contributed by atoms with Crippen molar-refractivity contribution in [2.75, 3.05) is 73.1 Å². The molecule has 3 aliphatic rings. The molecule has 3 aromatic rings. The third kappa shape index (κ3) is 12.2. The third-order valence-electron chi connectivity index (χ3n) is 12.4. The summed E-state index contributed by atoms with van der Waals surface area (Å²) >= 11 is 0. The first kappa shape index (κ1) is 50.1. The highest BCUT2D eigenvalue weighted by Gasteiger charge is 2.65. The average Bonchev–Trinajstić information content (AvgIpc) is 3.34. The van der Waals surface area contributed by atoms with Crippen LogP contribution in [0, 0.1) is 17.8 Å². The SMILES string of the molecule is C=CCO[C@@]12Oc3ccc(Oc4ccc(OC)c(C=O)c4)cc3[C@H]3[C@H](CCCCO)[C@@H](CCCCO)C=C(C(=NOCC)C[C@@H]1N(CCOCCO)C(=O)OCCOCc1ccccc1)[C@H]32. The standard InChI is InChI=1S/C51H66N2O13/c1-4-25-63-51-47(53(21-26-60-27-24-56)50(58)62-29-28-61-35-36-13-7-6-8-14-36)33-44(52-64-5-2)42-31-37(15-9-11-22-54)41(16-10-12-23-55)48(49(42)51)43-32-40(18-20-46(43)66-51)65-39-17-19-45(59-3)38(30-39)34-57/h4,6-8,13-14,17-20,30-32,34,37,41,47-49,54-56H,1,5,9-12,15-16,21-29,33,35H2,2-3H3/t37-,41+,47-,48+,49+,51+/m0/s1.